The molecule has 0 unspecified atom stereocenters. The van der Waals surface area contributed by atoms with Crippen LogP contribution in [0, 0.1) is 17.2 Å². The molecule has 0 spiro atoms. The van der Waals surface area contributed by atoms with Gasteiger partial charge in [0, 0.05) is 17.6 Å². The SMILES string of the molecule is CCOC(=O)c1cnc2c(CC)cc(C#N)cc2c1N[C@H](C)C1CCCCC1. The molecular formula is C23H29N3O2. The van der Waals surface area contributed by atoms with Gasteiger partial charge in [-0.15, -0.1) is 0 Å². The Kier molecular flexibility index (Phi) is 6.51. The molecule has 5 nitrogen and oxygen atoms in total. The molecule has 3 rings (SSSR count). The number of benzene rings is 1. The first kappa shape index (κ1) is 20.1. The Morgan fingerprint density at radius 3 is 2.71 bits per heavy atom. The van der Waals surface area contributed by atoms with E-state index in [-0.39, 0.29) is 12.0 Å². The average molecular weight is 380 g/mol. The minimum atomic E-state index is -0.379. The van der Waals surface area contributed by atoms with Crippen LogP contribution < -0.4 is 5.32 Å². The molecule has 28 heavy (non-hydrogen) atoms. The molecule has 1 aromatic carbocycles. The molecule has 0 saturated heterocycles. The van der Waals surface area contributed by atoms with Crippen molar-refractivity contribution in [3.63, 3.8) is 0 Å². The number of rotatable bonds is 6. The lowest BCUT2D eigenvalue weighted by atomic mass is 9.84. The molecule has 1 heterocycles. The van der Waals surface area contributed by atoms with Crippen LogP contribution in [0.3, 0.4) is 0 Å². The first-order chi connectivity index (χ1) is 13.6. The lowest BCUT2D eigenvalue weighted by Crippen LogP contribution is -2.28. The van der Waals surface area contributed by atoms with Crippen molar-refractivity contribution in [1.82, 2.24) is 4.98 Å². The van der Waals surface area contributed by atoms with Gasteiger partial charge in [0.05, 0.1) is 29.4 Å². The lowest BCUT2D eigenvalue weighted by molar-refractivity contribution is 0.0527. The van der Waals surface area contributed by atoms with E-state index in [1.54, 1.807) is 13.1 Å². The summed E-state index contributed by atoms with van der Waals surface area (Å²) in [5.74, 6) is 0.201. The van der Waals surface area contributed by atoms with Gasteiger partial charge in [0.2, 0.25) is 0 Å². The van der Waals surface area contributed by atoms with Gasteiger partial charge in [0.25, 0.3) is 0 Å². The number of aromatic nitrogens is 1. The zero-order valence-electron chi connectivity index (χ0n) is 17.0. The van der Waals surface area contributed by atoms with E-state index in [1.165, 1.54) is 32.1 Å². The summed E-state index contributed by atoms with van der Waals surface area (Å²) in [4.78, 5) is 17.2. The van der Waals surface area contributed by atoms with E-state index in [2.05, 4.69) is 30.2 Å². The summed E-state index contributed by atoms with van der Waals surface area (Å²) in [6.07, 6.45) is 8.62. The van der Waals surface area contributed by atoms with E-state index in [4.69, 9.17) is 4.74 Å². The quantitative estimate of drug-likeness (QED) is 0.696. The number of nitriles is 1. The molecule has 1 aliphatic rings. The van der Waals surface area contributed by atoms with Crippen molar-refractivity contribution < 1.29 is 9.53 Å². The monoisotopic (exact) mass is 379 g/mol. The zero-order chi connectivity index (χ0) is 20.1. The van der Waals surface area contributed by atoms with Crippen LogP contribution in [0.15, 0.2) is 18.3 Å². The Labute approximate surface area is 167 Å². The molecule has 148 valence electrons. The van der Waals surface area contributed by atoms with Crippen LogP contribution in [0.2, 0.25) is 0 Å². The Hall–Kier alpha value is -2.61. The van der Waals surface area contributed by atoms with Crippen molar-refractivity contribution in [3.05, 3.63) is 35.0 Å². The van der Waals surface area contributed by atoms with Gasteiger partial charge in [0.1, 0.15) is 5.56 Å². The van der Waals surface area contributed by atoms with Crippen molar-refractivity contribution in [2.24, 2.45) is 5.92 Å². The van der Waals surface area contributed by atoms with Gasteiger partial charge in [-0.3, -0.25) is 4.98 Å². The fourth-order valence-electron chi connectivity index (χ4n) is 4.21. The summed E-state index contributed by atoms with van der Waals surface area (Å²) in [6.45, 7) is 6.35. The largest absolute Gasteiger partial charge is 0.462 e. The summed E-state index contributed by atoms with van der Waals surface area (Å²) in [5.41, 5.74) is 3.62. The maximum absolute atomic E-state index is 12.6. The van der Waals surface area contributed by atoms with E-state index < -0.39 is 0 Å². The predicted octanol–water partition coefficient (Wildman–Crippen LogP) is 5.23. The Bertz CT molecular complexity index is 895. The second-order valence-corrected chi connectivity index (χ2v) is 7.60. The number of anilines is 1. The fourth-order valence-corrected chi connectivity index (χ4v) is 4.21. The first-order valence-corrected chi connectivity index (χ1v) is 10.4. The van der Waals surface area contributed by atoms with Gasteiger partial charge < -0.3 is 10.1 Å². The summed E-state index contributed by atoms with van der Waals surface area (Å²) in [5, 5.41) is 13.9. The van der Waals surface area contributed by atoms with Crippen LogP contribution in [0.4, 0.5) is 5.69 Å². The Morgan fingerprint density at radius 1 is 1.32 bits per heavy atom. The smallest absolute Gasteiger partial charge is 0.341 e. The Morgan fingerprint density at radius 2 is 2.07 bits per heavy atom. The van der Waals surface area contributed by atoms with Gasteiger partial charge in [-0.05, 0) is 56.7 Å². The van der Waals surface area contributed by atoms with E-state index >= 15 is 0 Å². The molecule has 1 N–H and O–H groups in total. The van der Waals surface area contributed by atoms with Gasteiger partial charge in [-0.1, -0.05) is 26.2 Å². The second-order valence-electron chi connectivity index (χ2n) is 7.60. The van der Waals surface area contributed by atoms with Crippen molar-refractivity contribution >= 4 is 22.6 Å². The molecule has 0 aliphatic heterocycles. The molecule has 1 atom stereocenters. The molecule has 1 fully saturated rings. The highest BCUT2D eigenvalue weighted by molar-refractivity contribution is 6.06. The van der Waals surface area contributed by atoms with Crippen LogP contribution in [0.5, 0.6) is 0 Å². The summed E-state index contributed by atoms with van der Waals surface area (Å²) in [7, 11) is 0. The zero-order valence-corrected chi connectivity index (χ0v) is 17.0. The third-order valence-electron chi connectivity index (χ3n) is 5.78. The average Bonchev–Trinajstić information content (AvgIpc) is 2.73. The van der Waals surface area contributed by atoms with Crippen LogP contribution in [-0.2, 0) is 11.2 Å². The number of pyridine rings is 1. The lowest BCUT2D eigenvalue weighted by Gasteiger charge is -2.30. The minimum Gasteiger partial charge on any atom is -0.462 e. The molecule has 5 heteroatoms. The van der Waals surface area contributed by atoms with E-state index in [9.17, 15) is 10.1 Å². The van der Waals surface area contributed by atoms with E-state index in [0.29, 0.717) is 23.7 Å². The molecule has 0 amide bonds. The third-order valence-corrected chi connectivity index (χ3v) is 5.78. The number of nitrogens with zero attached hydrogens (tertiary/aromatic N) is 2. The van der Waals surface area contributed by atoms with Gasteiger partial charge >= 0.3 is 5.97 Å². The molecule has 1 aromatic heterocycles. The topological polar surface area (TPSA) is 75.0 Å². The van der Waals surface area contributed by atoms with Crippen molar-refractivity contribution in [1.29, 1.82) is 5.26 Å². The van der Waals surface area contributed by atoms with Gasteiger partial charge in [0.15, 0.2) is 0 Å². The number of nitrogens with one attached hydrogen (secondary N) is 1. The number of esters is 1. The van der Waals surface area contributed by atoms with Crippen molar-refractivity contribution in [2.45, 2.75) is 65.3 Å². The number of hydrogen-bond acceptors (Lipinski definition) is 5. The number of fused-ring (bicyclic) bond motifs is 1. The molecule has 1 aliphatic carbocycles. The molecular weight excluding hydrogens is 350 g/mol. The summed E-state index contributed by atoms with van der Waals surface area (Å²) in [6, 6.07) is 6.19. The van der Waals surface area contributed by atoms with Crippen LogP contribution in [-0.4, -0.2) is 23.6 Å². The number of aryl methyl sites for hydroxylation is 1. The minimum absolute atomic E-state index is 0.231. The number of carbonyl (C=O) groups excluding carboxylic acids is 1. The second kappa shape index (κ2) is 9.05. The van der Waals surface area contributed by atoms with Crippen LogP contribution in [0.1, 0.15) is 74.4 Å². The number of carbonyl (C=O) groups is 1. The predicted molar refractivity (Wildman–Crippen MR) is 111 cm³/mol. The summed E-state index contributed by atoms with van der Waals surface area (Å²) >= 11 is 0. The van der Waals surface area contributed by atoms with Gasteiger partial charge in [-0.2, -0.15) is 5.26 Å². The highest BCUT2D eigenvalue weighted by atomic mass is 16.5. The standard InChI is InChI=1S/C23H29N3O2/c1-4-17-11-16(13-24)12-19-21(17)25-14-20(23(27)28-5-2)22(19)26-15(3)18-9-7-6-8-10-18/h11-12,14-15,18H,4-10H2,1-3H3,(H,25,26)/t15-/m1/s1. The molecule has 1 saturated carbocycles. The first-order valence-electron chi connectivity index (χ1n) is 10.4. The molecule has 0 radical (unpaired) electrons. The molecule has 2 aromatic rings. The maximum Gasteiger partial charge on any atom is 0.341 e. The van der Waals surface area contributed by atoms with E-state index in [0.717, 1.165) is 28.6 Å². The molecule has 0 bridgehead atoms. The van der Waals surface area contributed by atoms with E-state index in [1.807, 2.05) is 12.1 Å². The van der Waals surface area contributed by atoms with Crippen molar-refractivity contribution in [2.75, 3.05) is 11.9 Å². The normalized spacial score (nSPS) is 15.8. The highest BCUT2D eigenvalue weighted by Crippen LogP contribution is 2.34. The maximum atomic E-state index is 12.6. The Balaban J connectivity index is 2.12. The number of hydrogen-bond donors (Lipinski definition) is 1. The van der Waals surface area contributed by atoms with Gasteiger partial charge in [-0.25, -0.2) is 4.79 Å². The van der Waals surface area contributed by atoms with Crippen LogP contribution in [0.25, 0.3) is 10.9 Å². The number of ether oxygens (including phenoxy) is 1. The highest BCUT2D eigenvalue weighted by Gasteiger charge is 2.24. The third kappa shape index (κ3) is 4.11. The summed E-state index contributed by atoms with van der Waals surface area (Å²) < 4.78 is 5.27. The van der Waals surface area contributed by atoms with Crippen LogP contribution >= 0.6 is 0 Å². The van der Waals surface area contributed by atoms with Crippen molar-refractivity contribution in [3.8, 4) is 6.07 Å². The fraction of sp³-hybridized carbons (Fsp3) is 0.522.